The first kappa shape index (κ1) is 13.9. The van der Waals surface area contributed by atoms with Crippen LogP contribution < -0.4 is 11.1 Å². The zero-order valence-electron chi connectivity index (χ0n) is 9.34. The van der Waals surface area contributed by atoms with E-state index in [-0.39, 0.29) is 10.7 Å². The summed E-state index contributed by atoms with van der Waals surface area (Å²) in [6.45, 7) is 1.29. The number of esters is 1. The first-order valence-electron chi connectivity index (χ1n) is 4.83. The summed E-state index contributed by atoms with van der Waals surface area (Å²) in [5.41, 5.74) is 4.78. The third-order valence-electron chi connectivity index (χ3n) is 1.88. The fourth-order valence-electron chi connectivity index (χ4n) is 1.04. The number of nitrogens with two attached hydrogens (primary N) is 1. The van der Waals surface area contributed by atoms with E-state index in [9.17, 15) is 14.4 Å². The quantitative estimate of drug-likeness (QED) is 0.613. The van der Waals surface area contributed by atoms with Crippen molar-refractivity contribution in [2.75, 3.05) is 0 Å². The molecule has 1 rings (SSSR count). The lowest BCUT2D eigenvalue weighted by Crippen LogP contribution is -2.42. The molecule has 0 aromatic carbocycles. The predicted octanol–water partition coefficient (Wildman–Crippen LogP) is 0.475. The Labute approximate surface area is 107 Å². The summed E-state index contributed by atoms with van der Waals surface area (Å²) < 4.78 is 4.80. The maximum absolute atomic E-state index is 11.6. The Bertz CT molecular complexity index is 492. The van der Waals surface area contributed by atoms with Crippen LogP contribution in [0.4, 0.5) is 4.79 Å². The molecular formula is C10H10ClN3O4. The van der Waals surface area contributed by atoms with Gasteiger partial charge in [-0.2, -0.15) is 0 Å². The number of carbonyl (C=O) groups is 3. The normalized spacial score (nSPS) is 11.4. The Morgan fingerprint density at radius 3 is 2.72 bits per heavy atom. The van der Waals surface area contributed by atoms with Crippen LogP contribution in [0.5, 0.6) is 0 Å². The molecule has 0 unspecified atom stereocenters. The molecule has 0 radical (unpaired) electrons. The highest BCUT2D eigenvalue weighted by atomic mass is 35.5. The highest BCUT2D eigenvalue weighted by Gasteiger charge is 2.21. The molecule has 0 saturated heterocycles. The van der Waals surface area contributed by atoms with Crippen LogP contribution in [0, 0.1) is 0 Å². The molecule has 1 aromatic rings. The van der Waals surface area contributed by atoms with Crippen molar-refractivity contribution in [2.45, 2.75) is 13.0 Å². The SMILES string of the molecule is C[C@@H](OC(=O)c1cccnc1Cl)C(=O)NC(N)=O. The maximum atomic E-state index is 11.6. The number of imide groups is 1. The lowest BCUT2D eigenvalue weighted by molar-refractivity contribution is -0.127. The number of hydrogen-bond acceptors (Lipinski definition) is 5. The van der Waals surface area contributed by atoms with Crippen molar-refractivity contribution >= 4 is 29.5 Å². The molecule has 1 heterocycles. The first-order chi connectivity index (χ1) is 8.41. The van der Waals surface area contributed by atoms with E-state index in [1.165, 1.54) is 25.3 Å². The lowest BCUT2D eigenvalue weighted by Gasteiger charge is -2.12. The molecule has 1 atom stereocenters. The van der Waals surface area contributed by atoms with E-state index < -0.39 is 24.0 Å². The van der Waals surface area contributed by atoms with E-state index >= 15 is 0 Å². The van der Waals surface area contributed by atoms with Crippen LogP contribution in [0.2, 0.25) is 5.15 Å². The Kier molecular flexibility index (Phi) is 4.61. The van der Waals surface area contributed by atoms with Gasteiger partial charge in [0, 0.05) is 6.20 Å². The number of primary amides is 1. The molecule has 96 valence electrons. The van der Waals surface area contributed by atoms with Crippen LogP contribution in [0.1, 0.15) is 17.3 Å². The van der Waals surface area contributed by atoms with E-state index in [2.05, 4.69) is 4.98 Å². The second-order valence-corrected chi connectivity index (χ2v) is 3.60. The number of nitrogens with zero attached hydrogens (tertiary/aromatic N) is 1. The van der Waals surface area contributed by atoms with Gasteiger partial charge in [0.1, 0.15) is 5.15 Å². The molecule has 3 N–H and O–H groups in total. The standard InChI is InChI=1S/C10H10ClN3O4/c1-5(8(15)14-10(12)17)18-9(16)6-3-2-4-13-7(6)11/h2-5H,1H3,(H3,12,14,15,17)/t5-/m1/s1. The number of amides is 3. The minimum absolute atomic E-state index is 0.0258. The zero-order valence-corrected chi connectivity index (χ0v) is 10.1. The summed E-state index contributed by atoms with van der Waals surface area (Å²) >= 11 is 5.68. The molecule has 0 spiro atoms. The van der Waals surface area contributed by atoms with Crippen molar-refractivity contribution in [1.82, 2.24) is 10.3 Å². The molecule has 0 aliphatic rings. The number of urea groups is 1. The van der Waals surface area contributed by atoms with E-state index in [1.807, 2.05) is 0 Å². The largest absolute Gasteiger partial charge is 0.449 e. The number of carbonyl (C=O) groups excluding carboxylic acids is 3. The Hall–Kier alpha value is -2.15. The van der Waals surface area contributed by atoms with E-state index in [0.29, 0.717) is 0 Å². The van der Waals surface area contributed by atoms with Crippen molar-refractivity contribution in [3.63, 3.8) is 0 Å². The van der Waals surface area contributed by atoms with Gasteiger partial charge in [-0.05, 0) is 19.1 Å². The summed E-state index contributed by atoms with van der Waals surface area (Å²) in [7, 11) is 0. The Balaban J connectivity index is 2.68. The smallest absolute Gasteiger partial charge is 0.342 e. The number of hydrogen-bond donors (Lipinski definition) is 2. The van der Waals surface area contributed by atoms with Crippen molar-refractivity contribution in [1.29, 1.82) is 0 Å². The van der Waals surface area contributed by atoms with Gasteiger partial charge in [0.05, 0.1) is 5.56 Å². The summed E-state index contributed by atoms with van der Waals surface area (Å²) in [4.78, 5) is 37.0. The number of rotatable bonds is 3. The minimum atomic E-state index is -1.18. The second-order valence-electron chi connectivity index (χ2n) is 3.24. The van der Waals surface area contributed by atoms with Crippen molar-refractivity contribution in [3.05, 3.63) is 29.0 Å². The number of halogens is 1. The van der Waals surface area contributed by atoms with Crippen molar-refractivity contribution in [2.24, 2.45) is 5.73 Å². The number of aromatic nitrogens is 1. The van der Waals surface area contributed by atoms with Gasteiger partial charge in [-0.25, -0.2) is 14.6 Å². The monoisotopic (exact) mass is 271 g/mol. The average Bonchev–Trinajstić information content (AvgIpc) is 2.28. The second kappa shape index (κ2) is 5.97. The third kappa shape index (κ3) is 3.70. The van der Waals surface area contributed by atoms with Gasteiger partial charge in [-0.1, -0.05) is 11.6 Å². The Morgan fingerprint density at radius 1 is 1.50 bits per heavy atom. The summed E-state index contributed by atoms with van der Waals surface area (Å²) in [6, 6.07) is 1.87. The summed E-state index contributed by atoms with van der Waals surface area (Å²) in [5, 5.41) is 1.75. The molecule has 3 amide bonds. The number of nitrogens with one attached hydrogen (secondary N) is 1. The summed E-state index contributed by atoms with van der Waals surface area (Å²) in [6.07, 6.45) is 0.226. The van der Waals surface area contributed by atoms with Gasteiger partial charge in [0.15, 0.2) is 6.10 Å². The van der Waals surface area contributed by atoms with Gasteiger partial charge in [0.25, 0.3) is 5.91 Å². The fourth-order valence-corrected chi connectivity index (χ4v) is 1.24. The molecule has 8 heteroatoms. The Morgan fingerprint density at radius 2 is 2.17 bits per heavy atom. The van der Waals surface area contributed by atoms with Crippen molar-refractivity contribution in [3.8, 4) is 0 Å². The van der Waals surface area contributed by atoms with Gasteiger partial charge in [-0.15, -0.1) is 0 Å². The molecule has 1 aromatic heterocycles. The number of ether oxygens (including phenoxy) is 1. The highest BCUT2D eigenvalue weighted by molar-refractivity contribution is 6.32. The van der Waals surface area contributed by atoms with Gasteiger partial charge >= 0.3 is 12.0 Å². The van der Waals surface area contributed by atoms with Crippen LogP contribution >= 0.6 is 11.6 Å². The predicted molar refractivity (Wildman–Crippen MR) is 61.9 cm³/mol. The first-order valence-corrected chi connectivity index (χ1v) is 5.21. The van der Waals surface area contributed by atoms with E-state index in [0.717, 1.165) is 0 Å². The van der Waals surface area contributed by atoms with E-state index in [1.54, 1.807) is 5.32 Å². The van der Waals surface area contributed by atoms with Crippen LogP contribution in [-0.4, -0.2) is 29.0 Å². The molecule has 0 fully saturated rings. The van der Waals surface area contributed by atoms with Crippen LogP contribution in [0.15, 0.2) is 18.3 Å². The van der Waals surface area contributed by atoms with Crippen LogP contribution in [-0.2, 0) is 9.53 Å². The molecule has 0 aliphatic carbocycles. The molecule has 0 saturated carbocycles. The zero-order chi connectivity index (χ0) is 13.7. The van der Waals surface area contributed by atoms with Gasteiger partial charge < -0.3 is 10.5 Å². The molecule has 0 bridgehead atoms. The molecule has 7 nitrogen and oxygen atoms in total. The van der Waals surface area contributed by atoms with Crippen molar-refractivity contribution < 1.29 is 19.1 Å². The molecular weight excluding hydrogens is 262 g/mol. The molecule has 18 heavy (non-hydrogen) atoms. The highest BCUT2D eigenvalue weighted by Crippen LogP contribution is 2.13. The van der Waals surface area contributed by atoms with Gasteiger partial charge in [0.2, 0.25) is 0 Å². The topological polar surface area (TPSA) is 111 Å². The fraction of sp³-hybridized carbons (Fsp3) is 0.200. The van der Waals surface area contributed by atoms with Crippen LogP contribution in [0.3, 0.4) is 0 Å². The van der Waals surface area contributed by atoms with E-state index in [4.69, 9.17) is 22.1 Å². The average molecular weight is 272 g/mol. The molecule has 0 aliphatic heterocycles. The third-order valence-corrected chi connectivity index (χ3v) is 2.18. The summed E-state index contributed by atoms with van der Waals surface area (Å²) in [5.74, 6) is -1.64. The van der Waals surface area contributed by atoms with Crippen LogP contribution in [0.25, 0.3) is 0 Å². The number of pyridine rings is 1. The van der Waals surface area contributed by atoms with Gasteiger partial charge in [-0.3, -0.25) is 10.1 Å². The minimum Gasteiger partial charge on any atom is -0.449 e. The lowest BCUT2D eigenvalue weighted by atomic mass is 10.3. The maximum Gasteiger partial charge on any atom is 0.342 e.